The van der Waals surface area contributed by atoms with Crippen molar-refractivity contribution in [3.63, 3.8) is 0 Å². The Morgan fingerprint density at radius 2 is 1.15 bits per heavy atom. The van der Waals surface area contributed by atoms with E-state index >= 15 is 0 Å². The number of hydrogen-bond acceptors (Lipinski definition) is 4. The molecular weight excluding hydrogens is 172 g/mol. The minimum absolute atomic E-state index is 0. The van der Waals surface area contributed by atoms with E-state index in [0.29, 0.717) is 13.1 Å². The second-order valence-electron chi connectivity index (χ2n) is 2.36. The lowest BCUT2D eigenvalue weighted by molar-refractivity contribution is 0.558. The number of nitrogens with zero attached hydrogens (tertiary/aromatic N) is 2. The van der Waals surface area contributed by atoms with Crippen LogP contribution in [-0.2, 0) is 9.59 Å². The van der Waals surface area contributed by atoms with Gasteiger partial charge in [-0.3, -0.25) is 5.48 Å². The summed E-state index contributed by atoms with van der Waals surface area (Å²) < 4.78 is 0. The third-order valence-corrected chi connectivity index (χ3v) is 1.42. The van der Waals surface area contributed by atoms with Crippen LogP contribution in [0.5, 0.6) is 0 Å². The zero-order valence-corrected chi connectivity index (χ0v) is 7.40. The molecule has 0 unspecified atom stereocenters. The van der Waals surface area contributed by atoms with Crippen molar-refractivity contribution in [3.8, 4) is 0 Å². The van der Waals surface area contributed by atoms with E-state index in [1.54, 1.807) is 0 Å². The first-order valence-electron chi connectivity index (χ1n) is 3.99. The van der Waals surface area contributed by atoms with Crippen molar-refractivity contribution >= 4 is 12.2 Å². The summed E-state index contributed by atoms with van der Waals surface area (Å²) in [5.74, 6) is 0. The summed E-state index contributed by atoms with van der Waals surface area (Å²) in [4.78, 5) is 26.1. The molecule has 0 saturated heterocycles. The molecule has 0 aliphatic rings. The molecule has 5 nitrogen and oxygen atoms in total. The van der Waals surface area contributed by atoms with E-state index in [0.717, 1.165) is 25.7 Å². The van der Waals surface area contributed by atoms with Gasteiger partial charge in [0.05, 0.1) is 13.1 Å². The molecule has 0 atom stereocenters. The van der Waals surface area contributed by atoms with Gasteiger partial charge in [-0.2, -0.15) is 0 Å². The highest BCUT2D eigenvalue weighted by molar-refractivity contribution is 5.32. The summed E-state index contributed by atoms with van der Waals surface area (Å²) in [6.45, 7) is 1.11. The van der Waals surface area contributed by atoms with Crippen LogP contribution >= 0.6 is 0 Å². The Kier molecular flexibility index (Phi) is 14.6. The van der Waals surface area contributed by atoms with Gasteiger partial charge < -0.3 is 0 Å². The molecule has 5 heteroatoms. The Morgan fingerprint density at radius 3 is 1.46 bits per heavy atom. The van der Waals surface area contributed by atoms with Crippen LogP contribution in [0.15, 0.2) is 9.98 Å². The van der Waals surface area contributed by atoms with Crippen LogP contribution in [0.4, 0.5) is 0 Å². The quantitative estimate of drug-likeness (QED) is 0.365. The summed E-state index contributed by atoms with van der Waals surface area (Å²) in [5.41, 5.74) is 0. The van der Waals surface area contributed by atoms with Crippen molar-refractivity contribution in [2.45, 2.75) is 25.7 Å². The molecule has 13 heavy (non-hydrogen) atoms. The van der Waals surface area contributed by atoms with Crippen molar-refractivity contribution in [2.24, 2.45) is 9.98 Å². The molecule has 1 N–H and O–H groups in total. The maximum Gasteiger partial charge on any atom is 0.234 e. The highest BCUT2D eigenvalue weighted by Crippen LogP contribution is 1.99. The second kappa shape index (κ2) is 13.3. The van der Waals surface area contributed by atoms with Gasteiger partial charge in [0, 0.05) is 0 Å². The largest absolute Gasteiger partial charge is 0.255 e. The van der Waals surface area contributed by atoms with Gasteiger partial charge in [0.25, 0.3) is 0 Å². The van der Waals surface area contributed by atoms with Crippen molar-refractivity contribution in [2.75, 3.05) is 13.1 Å². The van der Waals surface area contributed by atoms with Gasteiger partial charge in [-0.05, 0) is 12.8 Å². The number of aliphatic imine (C=N–C) groups is 2. The molecular formula is C8H13N2O3. The van der Waals surface area contributed by atoms with Crippen LogP contribution in [0.2, 0.25) is 0 Å². The summed E-state index contributed by atoms with van der Waals surface area (Å²) >= 11 is 0. The summed E-state index contributed by atoms with van der Waals surface area (Å²) in [6, 6.07) is 0. The molecule has 73 valence electrons. The predicted octanol–water partition coefficient (Wildman–Crippen LogP) is 1.04. The van der Waals surface area contributed by atoms with E-state index in [2.05, 4.69) is 9.98 Å². The van der Waals surface area contributed by atoms with Crippen LogP contribution < -0.4 is 0 Å². The third kappa shape index (κ3) is 13.7. The van der Waals surface area contributed by atoms with Crippen molar-refractivity contribution in [1.29, 1.82) is 0 Å². The highest BCUT2D eigenvalue weighted by Gasteiger charge is 1.87. The summed E-state index contributed by atoms with van der Waals surface area (Å²) in [7, 11) is 0. The molecule has 0 aliphatic heterocycles. The number of isocyanates is 2. The summed E-state index contributed by atoms with van der Waals surface area (Å²) in [6.07, 6.45) is 6.80. The number of unbranched alkanes of at least 4 members (excludes halogenated alkanes) is 3. The Bertz CT molecular complexity index is 172. The van der Waals surface area contributed by atoms with Crippen LogP contribution in [0, 0.1) is 0 Å². The molecule has 0 aromatic carbocycles. The molecule has 0 amide bonds. The fourth-order valence-corrected chi connectivity index (χ4v) is 0.827. The Hall–Kier alpha value is -1.28. The van der Waals surface area contributed by atoms with Crippen LogP contribution in [0.25, 0.3) is 0 Å². The van der Waals surface area contributed by atoms with Crippen molar-refractivity contribution < 1.29 is 15.1 Å². The average Bonchev–Trinajstić information content (AvgIpc) is 2.10. The van der Waals surface area contributed by atoms with Crippen molar-refractivity contribution in [1.82, 2.24) is 0 Å². The number of rotatable bonds is 7. The second-order valence-corrected chi connectivity index (χ2v) is 2.36. The SMILES string of the molecule is O=C=NCCCCCCN=C=O.[OH]. The van der Waals surface area contributed by atoms with Gasteiger partial charge >= 0.3 is 0 Å². The van der Waals surface area contributed by atoms with Gasteiger partial charge in [-0.15, -0.1) is 0 Å². The first kappa shape index (κ1) is 14.3. The Labute approximate surface area is 76.9 Å². The molecule has 0 aromatic rings. The minimum atomic E-state index is 0. The molecule has 0 aliphatic carbocycles. The van der Waals surface area contributed by atoms with Gasteiger partial charge in [-0.25, -0.2) is 19.6 Å². The zero-order chi connectivity index (χ0) is 9.07. The predicted molar refractivity (Wildman–Crippen MR) is 46.4 cm³/mol. The van der Waals surface area contributed by atoms with E-state index in [1.165, 1.54) is 12.2 Å². The van der Waals surface area contributed by atoms with E-state index in [4.69, 9.17) is 0 Å². The maximum absolute atomic E-state index is 9.63. The lowest BCUT2D eigenvalue weighted by Gasteiger charge is -1.93. The maximum atomic E-state index is 9.63. The van der Waals surface area contributed by atoms with Gasteiger partial charge in [0.2, 0.25) is 12.2 Å². The topological polar surface area (TPSA) is 88.9 Å². The van der Waals surface area contributed by atoms with E-state index in [-0.39, 0.29) is 5.48 Å². The fraction of sp³-hybridized carbons (Fsp3) is 0.750. The van der Waals surface area contributed by atoms with Gasteiger partial charge in [0.15, 0.2) is 0 Å². The number of carbonyl (C=O) groups excluding carboxylic acids is 2. The first-order chi connectivity index (χ1) is 5.91. The third-order valence-electron chi connectivity index (χ3n) is 1.42. The van der Waals surface area contributed by atoms with E-state index < -0.39 is 0 Å². The molecule has 0 bridgehead atoms. The lowest BCUT2D eigenvalue weighted by atomic mass is 10.2. The fourth-order valence-electron chi connectivity index (χ4n) is 0.827. The molecule has 0 heterocycles. The van der Waals surface area contributed by atoms with Crippen LogP contribution in [-0.4, -0.2) is 30.7 Å². The smallest absolute Gasteiger partial charge is 0.234 e. The van der Waals surface area contributed by atoms with Crippen molar-refractivity contribution in [3.05, 3.63) is 0 Å². The first-order valence-corrected chi connectivity index (χ1v) is 3.99. The van der Waals surface area contributed by atoms with E-state index in [9.17, 15) is 9.59 Å². The highest BCUT2D eigenvalue weighted by atomic mass is 16.1. The molecule has 0 aromatic heterocycles. The van der Waals surface area contributed by atoms with Crippen LogP contribution in [0.1, 0.15) is 25.7 Å². The normalized spacial score (nSPS) is 7.69. The standard InChI is InChI=1S/C8H12N2O2.HO/c11-7-9-5-3-1-2-4-6-10-8-12;/h1-6H2;1H. The molecule has 0 saturated carbocycles. The zero-order valence-electron chi connectivity index (χ0n) is 7.40. The monoisotopic (exact) mass is 185 g/mol. The van der Waals surface area contributed by atoms with Gasteiger partial charge in [-0.1, -0.05) is 12.8 Å². The minimum Gasteiger partial charge on any atom is -0.255 e. The Morgan fingerprint density at radius 1 is 0.769 bits per heavy atom. The lowest BCUT2D eigenvalue weighted by Crippen LogP contribution is -1.84. The van der Waals surface area contributed by atoms with Gasteiger partial charge in [0.1, 0.15) is 0 Å². The average molecular weight is 185 g/mol. The van der Waals surface area contributed by atoms with Crippen LogP contribution in [0.3, 0.4) is 0 Å². The molecule has 1 radical (unpaired) electrons. The number of hydrogen-bond donors (Lipinski definition) is 1. The molecule has 0 rings (SSSR count). The summed E-state index contributed by atoms with van der Waals surface area (Å²) in [5, 5.41) is 0. The Balaban J connectivity index is 0. The van der Waals surface area contributed by atoms with E-state index in [1.807, 2.05) is 0 Å². The molecule has 0 fully saturated rings. The molecule has 0 spiro atoms.